The molecule has 0 spiro atoms. The van der Waals surface area contributed by atoms with Gasteiger partial charge < -0.3 is 20.5 Å². The maximum Gasteiger partial charge on any atom is 0.328 e. The van der Waals surface area contributed by atoms with Crippen molar-refractivity contribution in [2.24, 2.45) is 5.92 Å². The van der Waals surface area contributed by atoms with Crippen LogP contribution in [0.2, 0.25) is 0 Å². The van der Waals surface area contributed by atoms with E-state index in [1.54, 1.807) is 36.4 Å². The van der Waals surface area contributed by atoms with Crippen LogP contribution < -0.4 is 10.6 Å². The zero-order valence-electron chi connectivity index (χ0n) is 19.1. The number of phenolic OH excluding ortho intramolecular Hbond substituents is 1. The third-order valence-corrected chi connectivity index (χ3v) is 5.06. The Kier molecular flexibility index (Phi) is 9.25. The summed E-state index contributed by atoms with van der Waals surface area (Å²) in [6.45, 7) is 5.84. The van der Waals surface area contributed by atoms with Gasteiger partial charge in [0.2, 0.25) is 5.91 Å². The first-order chi connectivity index (χ1) is 15.2. The fourth-order valence-corrected chi connectivity index (χ4v) is 3.36. The smallest absolute Gasteiger partial charge is 0.328 e. The lowest BCUT2D eigenvalue weighted by molar-refractivity contribution is -0.145. The highest BCUT2D eigenvalue weighted by atomic mass is 16.5. The van der Waals surface area contributed by atoms with Gasteiger partial charge >= 0.3 is 5.97 Å². The van der Waals surface area contributed by atoms with Crippen LogP contribution in [-0.2, 0) is 14.3 Å². The van der Waals surface area contributed by atoms with Crippen LogP contribution in [0.15, 0.2) is 48.5 Å². The number of carbonyl (C=O) groups excluding carboxylic acids is 3. The molecule has 7 nitrogen and oxygen atoms in total. The molecule has 0 aliphatic carbocycles. The minimum atomic E-state index is -0.775. The first-order valence-corrected chi connectivity index (χ1v) is 10.8. The molecule has 3 N–H and O–H groups in total. The second-order valence-electron chi connectivity index (χ2n) is 8.15. The molecule has 2 amide bonds. The summed E-state index contributed by atoms with van der Waals surface area (Å²) in [7, 11) is 1.28. The van der Waals surface area contributed by atoms with Gasteiger partial charge in [-0.05, 0) is 54.2 Å². The number of aromatic hydroxyl groups is 1. The molecule has 0 saturated heterocycles. The standard InChI is InChI=1S/C25H32N2O5/c1-5-6-21(25(31)32-4)26-24(30)22(15-16(2)3)27-23(29)19-9-7-17(8-10-19)18-11-13-20(28)14-12-18/h7-14,16,21-22,28H,5-6,15H2,1-4H3,(H,26,30)(H,27,29)/t21?,22-/m0/s1. The quantitative estimate of drug-likeness (QED) is 0.489. The van der Waals surface area contributed by atoms with Gasteiger partial charge in [0.1, 0.15) is 17.8 Å². The molecule has 0 heterocycles. The van der Waals surface area contributed by atoms with E-state index in [-0.39, 0.29) is 17.6 Å². The van der Waals surface area contributed by atoms with Gasteiger partial charge in [-0.3, -0.25) is 9.59 Å². The Morgan fingerprint density at radius 3 is 1.97 bits per heavy atom. The number of benzene rings is 2. The SMILES string of the molecule is CCCC(NC(=O)[C@H](CC(C)C)NC(=O)c1ccc(-c2ccc(O)cc2)cc1)C(=O)OC. The molecule has 0 aliphatic rings. The highest BCUT2D eigenvalue weighted by Gasteiger charge is 2.27. The normalized spacial score (nSPS) is 12.7. The lowest BCUT2D eigenvalue weighted by Crippen LogP contribution is -2.52. The highest BCUT2D eigenvalue weighted by Crippen LogP contribution is 2.22. The van der Waals surface area contributed by atoms with Crippen molar-refractivity contribution in [1.29, 1.82) is 0 Å². The molecule has 7 heteroatoms. The average Bonchev–Trinajstić information content (AvgIpc) is 2.78. The molecule has 2 atom stereocenters. The number of phenols is 1. The number of nitrogens with one attached hydrogen (secondary N) is 2. The van der Waals surface area contributed by atoms with Crippen molar-refractivity contribution in [3.63, 3.8) is 0 Å². The largest absolute Gasteiger partial charge is 0.508 e. The van der Waals surface area contributed by atoms with Crippen molar-refractivity contribution in [3.8, 4) is 16.9 Å². The van der Waals surface area contributed by atoms with Crippen molar-refractivity contribution in [1.82, 2.24) is 10.6 Å². The van der Waals surface area contributed by atoms with Gasteiger partial charge in [0.15, 0.2) is 0 Å². The summed E-state index contributed by atoms with van der Waals surface area (Å²) in [6, 6.07) is 12.3. The maximum absolute atomic E-state index is 12.9. The number of esters is 1. The Balaban J connectivity index is 2.12. The minimum absolute atomic E-state index is 0.158. The van der Waals surface area contributed by atoms with Crippen molar-refractivity contribution in [2.45, 2.75) is 52.1 Å². The average molecular weight is 441 g/mol. The number of ether oxygens (including phenoxy) is 1. The molecule has 0 fully saturated rings. The van der Waals surface area contributed by atoms with Crippen molar-refractivity contribution in [3.05, 3.63) is 54.1 Å². The van der Waals surface area contributed by atoms with Gasteiger partial charge in [0.25, 0.3) is 5.91 Å². The highest BCUT2D eigenvalue weighted by molar-refractivity contribution is 5.98. The van der Waals surface area contributed by atoms with Crippen LogP contribution in [0.4, 0.5) is 0 Å². The molecule has 2 aromatic carbocycles. The zero-order valence-corrected chi connectivity index (χ0v) is 19.1. The fraction of sp³-hybridized carbons (Fsp3) is 0.400. The van der Waals surface area contributed by atoms with Gasteiger partial charge in [0.05, 0.1) is 7.11 Å². The Labute approximate surface area is 189 Å². The lowest BCUT2D eigenvalue weighted by atomic mass is 10.0. The van der Waals surface area contributed by atoms with Gasteiger partial charge in [0, 0.05) is 5.56 Å². The molecule has 2 rings (SSSR count). The third kappa shape index (κ3) is 7.11. The van der Waals surface area contributed by atoms with Crippen LogP contribution in [0.25, 0.3) is 11.1 Å². The molecular formula is C25H32N2O5. The molecule has 32 heavy (non-hydrogen) atoms. The maximum atomic E-state index is 12.9. The number of amides is 2. The second kappa shape index (κ2) is 11.9. The topological polar surface area (TPSA) is 105 Å². The van der Waals surface area contributed by atoms with E-state index in [1.165, 1.54) is 7.11 Å². The number of rotatable bonds is 10. The summed E-state index contributed by atoms with van der Waals surface area (Å²) in [6.07, 6.45) is 1.59. The van der Waals surface area contributed by atoms with E-state index in [4.69, 9.17) is 4.74 Å². The zero-order chi connectivity index (χ0) is 23.7. The van der Waals surface area contributed by atoms with Gasteiger partial charge in [-0.15, -0.1) is 0 Å². The number of hydrogen-bond donors (Lipinski definition) is 3. The summed E-state index contributed by atoms with van der Waals surface area (Å²) in [5, 5.41) is 14.9. The Morgan fingerprint density at radius 2 is 1.47 bits per heavy atom. The number of methoxy groups -OCH3 is 1. The van der Waals surface area contributed by atoms with Crippen LogP contribution in [0, 0.1) is 5.92 Å². The van der Waals surface area contributed by atoms with E-state index in [2.05, 4.69) is 10.6 Å². The molecule has 2 aromatic rings. The summed E-state index contributed by atoms with van der Waals surface area (Å²) in [5.41, 5.74) is 2.24. The van der Waals surface area contributed by atoms with E-state index < -0.39 is 24.0 Å². The molecule has 1 unspecified atom stereocenters. The second-order valence-corrected chi connectivity index (χ2v) is 8.15. The Morgan fingerprint density at radius 1 is 0.906 bits per heavy atom. The van der Waals surface area contributed by atoms with Gasteiger partial charge in [-0.2, -0.15) is 0 Å². The number of carbonyl (C=O) groups is 3. The van der Waals surface area contributed by atoms with E-state index in [0.29, 0.717) is 24.8 Å². The van der Waals surface area contributed by atoms with E-state index in [1.807, 2.05) is 32.9 Å². The van der Waals surface area contributed by atoms with Crippen LogP contribution >= 0.6 is 0 Å². The summed E-state index contributed by atoms with van der Waals surface area (Å²) in [4.78, 5) is 37.6. The molecule has 0 aromatic heterocycles. The molecule has 0 radical (unpaired) electrons. The Bertz CT molecular complexity index is 907. The predicted molar refractivity (Wildman–Crippen MR) is 123 cm³/mol. The first-order valence-electron chi connectivity index (χ1n) is 10.8. The van der Waals surface area contributed by atoms with Gasteiger partial charge in [-0.25, -0.2) is 4.79 Å². The number of hydrogen-bond acceptors (Lipinski definition) is 5. The van der Waals surface area contributed by atoms with E-state index in [9.17, 15) is 19.5 Å². The molecule has 0 bridgehead atoms. The lowest BCUT2D eigenvalue weighted by Gasteiger charge is -2.23. The van der Waals surface area contributed by atoms with Crippen molar-refractivity contribution >= 4 is 17.8 Å². The summed E-state index contributed by atoms with van der Waals surface area (Å²) < 4.78 is 4.78. The molecule has 0 aliphatic heterocycles. The van der Waals surface area contributed by atoms with E-state index >= 15 is 0 Å². The Hall–Kier alpha value is -3.35. The molecule has 0 saturated carbocycles. The van der Waals surface area contributed by atoms with Crippen LogP contribution in [-0.4, -0.2) is 42.1 Å². The van der Waals surface area contributed by atoms with Gasteiger partial charge in [-0.1, -0.05) is 51.5 Å². The minimum Gasteiger partial charge on any atom is -0.508 e. The fourth-order valence-electron chi connectivity index (χ4n) is 3.36. The van der Waals surface area contributed by atoms with Crippen LogP contribution in [0.1, 0.15) is 50.4 Å². The van der Waals surface area contributed by atoms with Crippen LogP contribution in [0.3, 0.4) is 0 Å². The molecule has 172 valence electrons. The van der Waals surface area contributed by atoms with E-state index in [0.717, 1.165) is 11.1 Å². The first kappa shape index (κ1) is 24.9. The monoisotopic (exact) mass is 440 g/mol. The van der Waals surface area contributed by atoms with Crippen molar-refractivity contribution in [2.75, 3.05) is 7.11 Å². The van der Waals surface area contributed by atoms with Crippen molar-refractivity contribution < 1.29 is 24.2 Å². The summed E-state index contributed by atoms with van der Waals surface area (Å²) >= 11 is 0. The molecular weight excluding hydrogens is 408 g/mol. The van der Waals surface area contributed by atoms with Crippen LogP contribution in [0.5, 0.6) is 5.75 Å². The predicted octanol–water partition coefficient (Wildman–Crippen LogP) is 3.66. The third-order valence-electron chi connectivity index (χ3n) is 5.06. The summed E-state index contributed by atoms with van der Waals surface area (Å²) in [5.74, 6) is -0.928.